The van der Waals surface area contributed by atoms with Gasteiger partial charge in [-0.15, -0.1) is 11.3 Å². The molecule has 5 heteroatoms. The van der Waals surface area contributed by atoms with Crippen LogP contribution in [0.4, 0.5) is 5.13 Å². The average Bonchev–Trinajstić information content (AvgIpc) is 3.40. The van der Waals surface area contributed by atoms with Crippen LogP contribution in [0, 0.1) is 5.92 Å². The molecule has 0 bridgehead atoms. The van der Waals surface area contributed by atoms with Crippen molar-refractivity contribution < 1.29 is 9.69 Å². The molecular weight excluding hydrogens is 330 g/mol. The minimum Gasteiger partial charge on any atom is -0.335 e. The maximum atomic E-state index is 12.8. The summed E-state index contributed by atoms with van der Waals surface area (Å²) in [5.74, 6) is 0.494. The van der Waals surface area contributed by atoms with Gasteiger partial charge in [0.05, 0.1) is 25.3 Å². The van der Waals surface area contributed by atoms with Crippen LogP contribution in [-0.2, 0) is 4.79 Å². The van der Waals surface area contributed by atoms with Crippen LogP contribution < -0.4 is 9.80 Å². The number of rotatable bonds is 9. The van der Waals surface area contributed by atoms with Crippen LogP contribution in [0.15, 0.2) is 35.7 Å². The molecule has 1 saturated carbocycles. The van der Waals surface area contributed by atoms with Gasteiger partial charge in [0.1, 0.15) is 0 Å². The number of quaternary nitrogens is 1. The number of nitrogens with one attached hydrogen (secondary N) is 1. The normalized spacial score (nSPS) is 14.0. The molecule has 0 spiro atoms. The van der Waals surface area contributed by atoms with Crippen molar-refractivity contribution in [2.45, 2.75) is 33.1 Å². The zero-order valence-electron chi connectivity index (χ0n) is 15.2. The SMILES string of the molecule is CC[NH+](CC)CCCN(C(=O)C1CC1)c1nc(-c2ccccc2)cs1. The molecule has 0 saturated heterocycles. The first-order chi connectivity index (χ1) is 12.2. The van der Waals surface area contributed by atoms with Gasteiger partial charge in [-0.2, -0.15) is 0 Å². The maximum Gasteiger partial charge on any atom is 0.231 e. The number of carbonyl (C=O) groups is 1. The lowest BCUT2D eigenvalue weighted by atomic mass is 10.2. The molecule has 1 amide bonds. The van der Waals surface area contributed by atoms with Crippen LogP contribution in [0.5, 0.6) is 0 Å². The van der Waals surface area contributed by atoms with Crippen LogP contribution in [0.25, 0.3) is 11.3 Å². The van der Waals surface area contributed by atoms with Crippen LogP contribution in [0.3, 0.4) is 0 Å². The van der Waals surface area contributed by atoms with Gasteiger partial charge in [-0.1, -0.05) is 30.3 Å². The van der Waals surface area contributed by atoms with E-state index in [9.17, 15) is 4.79 Å². The molecule has 1 fully saturated rings. The van der Waals surface area contributed by atoms with E-state index in [2.05, 4.69) is 31.4 Å². The molecule has 4 nitrogen and oxygen atoms in total. The van der Waals surface area contributed by atoms with Crippen molar-refractivity contribution in [2.24, 2.45) is 5.92 Å². The molecule has 1 heterocycles. The third kappa shape index (κ3) is 4.67. The summed E-state index contributed by atoms with van der Waals surface area (Å²) in [5, 5.41) is 2.92. The van der Waals surface area contributed by atoms with Gasteiger partial charge in [0.2, 0.25) is 5.91 Å². The van der Waals surface area contributed by atoms with Gasteiger partial charge in [0.25, 0.3) is 0 Å². The first-order valence-corrected chi connectivity index (χ1v) is 10.3. The van der Waals surface area contributed by atoms with E-state index in [0.29, 0.717) is 0 Å². The fourth-order valence-corrected chi connectivity index (χ4v) is 3.94. The highest BCUT2D eigenvalue weighted by atomic mass is 32.1. The molecule has 2 aromatic rings. The molecule has 1 aliphatic rings. The Kier molecular flexibility index (Phi) is 6.21. The van der Waals surface area contributed by atoms with Crippen molar-refractivity contribution in [3.05, 3.63) is 35.7 Å². The fourth-order valence-electron chi connectivity index (χ4n) is 3.07. The van der Waals surface area contributed by atoms with Gasteiger partial charge in [-0.3, -0.25) is 9.69 Å². The minimum absolute atomic E-state index is 0.227. The van der Waals surface area contributed by atoms with Crippen molar-refractivity contribution >= 4 is 22.4 Å². The van der Waals surface area contributed by atoms with Gasteiger partial charge >= 0.3 is 0 Å². The number of amides is 1. The van der Waals surface area contributed by atoms with E-state index in [0.717, 1.165) is 61.8 Å². The van der Waals surface area contributed by atoms with Gasteiger partial charge in [0.15, 0.2) is 5.13 Å². The lowest BCUT2D eigenvalue weighted by Crippen LogP contribution is -3.11. The van der Waals surface area contributed by atoms with E-state index in [1.807, 2.05) is 23.1 Å². The largest absolute Gasteiger partial charge is 0.335 e. The zero-order valence-corrected chi connectivity index (χ0v) is 16.0. The minimum atomic E-state index is 0.227. The third-order valence-corrected chi connectivity index (χ3v) is 5.76. The smallest absolute Gasteiger partial charge is 0.231 e. The predicted octanol–water partition coefficient (Wildman–Crippen LogP) is 2.87. The van der Waals surface area contributed by atoms with E-state index in [1.54, 1.807) is 16.2 Å². The summed E-state index contributed by atoms with van der Waals surface area (Å²) < 4.78 is 0. The zero-order chi connectivity index (χ0) is 17.6. The molecule has 0 atom stereocenters. The van der Waals surface area contributed by atoms with Gasteiger partial charge in [-0.05, 0) is 26.7 Å². The van der Waals surface area contributed by atoms with E-state index >= 15 is 0 Å². The van der Waals surface area contributed by atoms with Crippen molar-refractivity contribution in [2.75, 3.05) is 31.1 Å². The highest BCUT2D eigenvalue weighted by molar-refractivity contribution is 7.14. The highest BCUT2D eigenvalue weighted by Crippen LogP contribution is 2.35. The average molecular weight is 359 g/mol. The fraction of sp³-hybridized carbons (Fsp3) is 0.500. The molecular formula is C20H28N3OS+. The Bertz CT molecular complexity index is 677. The Morgan fingerprint density at radius 2 is 1.96 bits per heavy atom. The summed E-state index contributed by atoms with van der Waals surface area (Å²) in [5.41, 5.74) is 2.07. The van der Waals surface area contributed by atoms with E-state index < -0.39 is 0 Å². The van der Waals surface area contributed by atoms with Gasteiger partial charge in [-0.25, -0.2) is 4.98 Å². The molecule has 1 aromatic heterocycles. The molecule has 1 aromatic carbocycles. The number of aromatic nitrogens is 1. The Morgan fingerprint density at radius 1 is 1.24 bits per heavy atom. The number of thiazole rings is 1. The second-order valence-electron chi connectivity index (χ2n) is 6.71. The molecule has 134 valence electrons. The van der Waals surface area contributed by atoms with Crippen molar-refractivity contribution in [3.8, 4) is 11.3 Å². The lowest BCUT2D eigenvalue weighted by Gasteiger charge is -2.21. The maximum absolute atomic E-state index is 12.8. The predicted molar refractivity (Wildman–Crippen MR) is 104 cm³/mol. The molecule has 1 aliphatic carbocycles. The third-order valence-electron chi connectivity index (χ3n) is 4.90. The molecule has 25 heavy (non-hydrogen) atoms. The summed E-state index contributed by atoms with van der Waals surface area (Å²) >= 11 is 1.58. The first kappa shape index (κ1) is 18.1. The van der Waals surface area contributed by atoms with Crippen molar-refractivity contribution in [1.29, 1.82) is 0 Å². The Hall–Kier alpha value is -1.72. The highest BCUT2D eigenvalue weighted by Gasteiger charge is 2.35. The van der Waals surface area contributed by atoms with Crippen molar-refractivity contribution in [1.82, 2.24) is 4.98 Å². The quantitative estimate of drug-likeness (QED) is 0.748. The van der Waals surface area contributed by atoms with Crippen LogP contribution in [0.2, 0.25) is 0 Å². The topological polar surface area (TPSA) is 37.6 Å². The Labute approximate surface area is 154 Å². The van der Waals surface area contributed by atoms with Crippen molar-refractivity contribution in [3.63, 3.8) is 0 Å². The second kappa shape index (κ2) is 8.59. The lowest BCUT2D eigenvalue weighted by molar-refractivity contribution is -0.896. The van der Waals surface area contributed by atoms with E-state index in [1.165, 1.54) is 0 Å². The summed E-state index contributed by atoms with van der Waals surface area (Å²) in [6.07, 6.45) is 3.09. The number of benzene rings is 1. The summed E-state index contributed by atoms with van der Waals surface area (Å²) in [4.78, 5) is 21.0. The standard InChI is InChI=1S/C20H27N3OS/c1-3-22(4-2)13-8-14-23(19(24)17-11-12-17)20-21-18(15-25-20)16-9-6-5-7-10-16/h5-7,9-10,15,17H,3-4,8,11-14H2,1-2H3/p+1. The number of hydrogen-bond acceptors (Lipinski definition) is 3. The Balaban J connectivity index is 1.71. The molecule has 0 unspecified atom stereocenters. The summed E-state index contributed by atoms with van der Waals surface area (Å²) in [6.45, 7) is 8.61. The number of nitrogens with zero attached hydrogens (tertiary/aromatic N) is 2. The van der Waals surface area contributed by atoms with Crippen LogP contribution >= 0.6 is 11.3 Å². The first-order valence-electron chi connectivity index (χ1n) is 9.38. The number of hydrogen-bond donors (Lipinski definition) is 1. The van der Waals surface area contributed by atoms with E-state index in [-0.39, 0.29) is 11.8 Å². The van der Waals surface area contributed by atoms with Crippen LogP contribution in [-0.4, -0.2) is 37.1 Å². The summed E-state index contributed by atoms with van der Waals surface area (Å²) in [7, 11) is 0. The monoisotopic (exact) mass is 358 g/mol. The summed E-state index contributed by atoms with van der Waals surface area (Å²) in [6, 6.07) is 10.2. The van der Waals surface area contributed by atoms with Crippen LogP contribution in [0.1, 0.15) is 33.1 Å². The second-order valence-corrected chi connectivity index (χ2v) is 7.54. The number of carbonyl (C=O) groups excluding carboxylic acids is 1. The van der Waals surface area contributed by atoms with Gasteiger partial charge in [0, 0.05) is 29.8 Å². The van der Waals surface area contributed by atoms with Gasteiger partial charge < -0.3 is 4.90 Å². The Morgan fingerprint density at radius 3 is 2.60 bits per heavy atom. The molecule has 3 rings (SSSR count). The number of anilines is 1. The molecule has 0 radical (unpaired) electrons. The molecule has 0 aliphatic heterocycles. The molecule has 1 N–H and O–H groups in total. The van der Waals surface area contributed by atoms with E-state index in [4.69, 9.17) is 4.98 Å².